The Hall–Kier alpha value is -1.10. The number of carbonyl (C=O) groups excluding carboxylic acids is 1. The van der Waals surface area contributed by atoms with Crippen molar-refractivity contribution in [2.75, 3.05) is 6.54 Å². The van der Waals surface area contributed by atoms with E-state index in [2.05, 4.69) is 24.5 Å². The molecule has 0 saturated heterocycles. The van der Waals surface area contributed by atoms with Gasteiger partial charge in [-0.2, -0.15) is 0 Å². The lowest BCUT2D eigenvalue weighted by atomic mass is 9.97. The molecule has 0 radical (unpaired) electrons. The van der Waals surface area contributed by atoms with E-state index in [1.807, 2.05) is 13.8 Å². The van der Waals surface area contributed by atoms with Gasteiger partial charge >= 0.3 is 0 Å². The molecule has 0 aliphatic carbocycles. The molecule has 0 fully saturated rings. The molecule has 0 aromatic rings. The van der Waals surface area contributed by atoms with Gasteiger partial charge in [-0.1, -0.05) is 20.8 Å². The zero-order valence-electron chi connectivity index (χ0n) is 12.0. The van der Waals surface area contributed by atoms with Gasteiger partial charge in [0.25, 0.3) is 0 Å². The second-order valence-corrected chi connectivity index (χ2v) is 5.07. The standard InChI is InChI=1S/C13H28N4O/c1-5-10(4)17-11(12(18)9(2)3)7-6-8-16-13(14)15/h9-11,17H,5-8H2,1-4H3,(H4,14,15,16). The van der Waals surface area contributed by atoms with Crippen LogP contribution in [0.3, 0.4) is 0 Å². The first kappa shape index (κ1) is 16.9. The van der Waals surface area contributed by atoms with Crippen molar-refractivity contribution in [3.8, 4) is 0 Å². The molecule has 0 bridgehead atoms. The maximum Gasteiger partial charge on any atom is 0.185 e. The Labute approximate surface area is 110 Å². The maximum absolute atomic E-state index is 12.1. The molecule has 5 nitrogen and oxygen atoms in total. The number of nitrogens with one attached hydrogen (secondary N) is 3. The van der Waals surface area contributed by atoms with Crippen LogP contribution in [0.15, 0.2) is 0 Å². The Morgan fingerprint density at radius 1 is 1.33 bits per heavy atom. The second kappa shape index (κ2) is 8.91. The predicted molar refractivity (Wildman–Crippen MR) is 75.7 cm³/mol. The molecule has 0 heterocycles. The monoisotopic (exact) mass is 256 g/mol. The molecular formula is C13H28N4O. The molecule has 5 heteroatoms. The number of hydrogen-bond acceptors (Lipinski definition) is 3. The number of rotatable bonds is 9. The van der Waals surface area contributed by atoms with E-state index in [0.29, 0.717) is 12.6 Å². The SMILES string of the molecule is CCC(C)NC(CCCNC(=N)N)C(=O)C(C)C. The first-order valence-corrected chi connectivity index (χ1v) is 6.76. The van der Waals surface area contributed by atoms with Crippen molar-refractivity contribution >= 4 is 11.7 Å². The third-order valence-corrected chi connectivity index (χ3v) is 3.00. The van der Waals surface area contributed by atoms with E-state index >= 15 is 0 Å². The average Bonchev–Trinajstić information content (AvgIpc) is 2.31. The molecule has 0 spiro atoms. The fourth-order valence-corrected chi connectivity index (χ4v) is 1.70. The summed E-state index contributed by atoms with van der Waals surface area (Å²) in [5.41, 5.74) is 5.21. The highest BCUT2D eigenvalue weighted by Crippen LogP contribution is 2.07. The van der Waals surface area contributed by atoms with E-state index in [0.717, 1.165) is 19.3 Å². The van der Waals surface area contributed by atoms with Crippen molar-refractivity contribution in [3.63, 3.8) is 0 Å². The summed E-state index contributed by atoms with van der Waals surface area (Å²) in [6, 6.07) is 0.257. The summed E-state index contributed by atoms with van der Waals surface area (Å²) in [5.74, 6) is 0.294. The van der Waals surface area contributed by atoms with Crippen molar-refractivity contribution in [3.05, 3.63) is 0 Å². The molecule has 0 aromatic carbocycles. The summed E-state index contributed by atoms with van der Waals surface area (Å²) in [6.07, 6.45) is 2.61. The smallest absolute Gasteiger partial charge is 0.185 e. The molecule has 106 valence electrons. The van der Waals surface area contributed by atoms with E-state index in [4.69, 9.17) is 11.1 Å². The minimum absolute atomic E-state index is 0.0170. The second-order valence-electron chi connectivity index (χ2n) is 5.07. The Kier molecular flexibility index (Phi) is 8.37. The maximum atomic E-state index is 12.1. The van der Waals surface area contributed by atoms with Gasteiger partial charge in [0.05, 0.1) is 6.04 Å². The average molecular weight is 256 g/mol. The van der Waals surface area contributed by atoms with Crippen LogP contribution in [0.2, 0.25) is 0 Å². The number of hydrogen-bond donors (Lipinski definition) is 4. The van der Waals surface area contributed by atoms with Crippen LogP contribution in [-0.2, 0) is 4.79 Å². The van der Waals surface area contributed by atoms with Gasteiger partial charge in [0.15, 0.2) is 11.7 Å². The van der Waals surface area contributed by atoms with Crippen molar-refractivity contribution < 1.29 is 4.79 Å². The molecule has 0 saturated carbocycles. The zero-order chi connectivity index (χ0) is 14.1. The Bertz CT molecular complexity index is 266. The summed E-state index contributed by atoms with van der Waals surface area (Å²) in [7, 11) is 0. The lowest BCUT2D eigenvalue weighted by Crippen LogP contribution is -2.44. The minimum atomic E-state index is -0.0892. The predicted octanol–water partition coefficient (Wildman–Crippen LogP) is 1.23. The summed E-state index contributed by atoms with van der Waals surface area (Å²) < 4.78 is 0. The number of guanidine groups is 1. The molecule has 18 heavy (non-hydrogen) atoms. The summed E-state index contributed by atoms with van der Waals surface area (Å²) in [4.78, 5) is 12.1. The summed E-state index contributed by atoms with van der Waals surface area (Å²) in [5, 5.41) is 13.2. The van der Waals surface area contributed by atoms with Gasteiger partial charge in [0.1, 0.15) is 0 Å². The van der Waals surface area contributed by atoms with Crippen LogP contribution in [0, 0.1) is 11.3 Å². The highest BCUT2D eigenvalue weighted by atomic mass is 16.1. The molecular weight excluding hydrogens is 228 g/mol. The summed E-state index contributed by atoms with van der Waals surface area (Å²) in [6.45, 7) is 8.70. The van der Waals surface area contributed by atoms with Crippen LogP contribution in [0.4, 0.5) is 0 Å². The number of carbonyl (C=O) groups is 1. The van der Waals surface area contributed by atoms with E-state index in [1.165, 1.54) is 0 Å². The third kappa shape index (κ3) is 7.27. The largest absolute Gasteiger partial charge is 0.370 e. The zero-order valence-corrected chi connectivity index (χ0v) is 12.0. The Morgan fingerprint density at radius 3 is 2.39 bits per heavy atom. The first-order valence-electron chi connectivity index (χ1n) is 6.76. The van der Waals surface area contributed by atoms with Crippen LogP contribution < -0.4 is 16.4 Å². The van der Waals surface area contributed by atoms with E-state index in [9.17, 15) is 4.79 Å². The first-order chi connectivity index (χ1) is 8.38. The van der Waals surface area contributed by atoms with Gasteiger partial charge in [-0.3, -0.25) is 10.2 Å². The fourth-order valence-electron chi connectivity index (χ4n) is 1.70. The van der Waals surface area contributed by atoms with Gasteiger partial charge in [-0.05, 0) is 26.2 Å². The molecule has 0 aliphatic heterocycles. The Morgan fingerprint density at radius 2 is 1.94 bits per heavy atom. The van der Waals surface area contributed by atoms with Crippen molar-refractivity contribution in [1.29, 1.82) is 5.41 Å². The fraction of sp³-hybridized carbons (Fsp3) is 0.846. The van der Waals surface area contributed by atoms with E-state index in [1.54, 1.807) is 0 Å². The van der Waals surface area contributed by atoms with Crippen LogP contribution in [0.1, 0.15) is 47.0 Å². The van der Waals surface area contributed by atoms with Crippen LogP contribution in [0.5, 0.6) is 0 Å². The highest BCUT2D eigenvalue weighted by molar-refractivity contribution is 5.85. The van der Waals surface area contributed by atoms with Crippen LogP contribution in [-0.4, -0.2) is 30.4 Å². The lowest BCUT2D eigenvalue weighted by Gasteiger charge is -2.23. The number of Topliss-reactive ketones (excluding diaryl/α,β-unsaturated/α-hetero) is 1. The third-order valence-electron chi connectivity index (χ3n) is 3.00. The van der Waals surface area contributed by atoms with Gasteiger partial charge in [0.2, 0.25) is 0 Å². The molecule has 5 N–H and O–H groups in total. The van der Waals surface area contributed by atoms with Crippen molar-refractivity contribution in [1.82, 2.24) is 10.6 Å². The normalized spacial score (nSPS) is 14.3. The molecule has 2 unspecified atom stereocenters. The summed E-state index contributed by atoms with van der Waals surface area (Å²) >= 11 is 0. The molecule has 0 amide bonds. The van der Waals surface area contributed by atoms with Crippen molar-refractivity contribution in [2.45, 2.75) is 59.0 Å². The van der Waals surface area contributed by atoms with Gasteiger partial charge in [-0.25, -0.2) is 0 Å². The van der Waals surface area contributed by atoms with Crippen LogP contribution >= 0.6 is 0 Å². The van der Waals surface area contributed by atoms with Crippen LogP contribution in [0.25, 0.3) is 0 Å². The van der Waals surface area contributed by atoms with Gasteiger partial charge < -0.3 is 16.4 Å². The van der Waals surface area contributed by atoms with E-state index < -0.39 is 0 Å². The topological polar surface area (TPSA) is 91.0 Å². The number of nitrogens with two attached hydrogens (primary N) is 1. The van der Waals surface area contributed by atoms with Crippen molar-refractivity contribution in [2.24, 2.45) is 11.7 Å². The van der Waals surface area contributed by atoms with Gasteiger partial charge in [-0.15, -0.1) is 0 Å². The molecule has 0 rings (SSSR count). The highest BCUT2D eigenvalue weighted by Gasteiger charge is 2.21. The number of ketones is 1. The quantitative estimate of drug-likeness (QED) is 0.284. The molecule has 0 aromatic heterocycles. The van der Waals surface area contributed by atoms with Gasteiger partial charge in [0, 0.05) is 18.5 Å². The molecule has 0 aliphatic rings. The van der Waals surface area contributed by atoms with E-state index in [-0.39, 0.29) is 23.7 Å². The minimum Gasteiger partial charge on any atom is -0.370 e. The lowest BCUT2D eigenvalue weighted by molar-refractivity contribution is -0.124. The Balaban J connectivity index is 4.21. The molecule has 2 atom stereocenters.